The quantitative estimate of drug-likeness (QED) is 0.365. The van der Waals surface area contributed by atoms with Gasteiger partial charge in [0.05, 0.1) is 21.7 Å². The maximum atomic E-state index is 12.6. The molecule has 1 fully saturated rings. The number of hydrogen-bond donors (Lipinski definition) is 0. The molecule has 1 amide bonds. The summed E-state index contributed by atoms with van der Waals surface area (Å²) in [6, 6.07) is 14.5. The van der Waals surface area contributed by atoms with Crippen molar-refractivity contribution in [2.45, 2.75) is 5.16 Å². The highest BCUT2D eigenvalue weighted by atomic mass is 32.2. The lowest BCUT2D eigenvalue weighted by Crippen LogP contribution is -2.49. The number of nitro groups is 1. The zero-order chi connectivity index (χ0) is 20.4. The number of benzene rings is 2. The predicted molar refractivity (Wildman–Crippen MR) is 113 cm³/mol. The summed E-state index contributed by atoms with van der Waals surface area (Å²) in [5.74, 6) is 0.458. The number of hydrogen-bond acceptors (Lipinski definition) is 6. The predicted octanol–water partition coefficient (Wildman–Crippen LogP) is 2.92. The van der Waals surface area contributed by atoms with Crippen molar-refractivity contribution < 1.29 is 9.72 Å². The van der Waals surface area contributed by atoms with Crippen LogP contribution in [0.3, 0.4) is 0 Å². The van der Waals surface area contributed by atoms with E-state index in [4.69, 9.17) is 0 Å². The van der Waals surface area contributed by atoms with Gasteiger partial charge in [0.25, 0.3) is 5.69 Å². The van der Waals surface area contributed by atoms with Crippen LogP contribution in [0.25, 0.3) is 11.0 Å². The molecule has 8 nitrogen and oxygen atoms in total. The summed E-state index contributed by atoms with van der Waals surface area (Å²) in [4.78, 5) is 31.6. The standard InChI is InChI=1S/C20H21N5O3S/c1-22-18-5-3-2-4-17(18)21-20(22)29-14-19(26)24-12-10-23(11-13-24)15-6-8-16(9-7-15)25(27)28/h2-9H,10-14H2,1H3. The first kappa shape index (κ1) is 19.3. The van der Waals surface area contributed by atoms with E-state index in [1.165, 1.54) is 23.9 Å². The first-order valence-electron chi connectivity index (χ1n) is 9.34. The number of para-hydroxylation sites is 2. The molecule has 1 aliphatic heterocycles. The second kappa shape index (κ2) is 8.12. The Morgan fingerprint density at radius 2 is 1.79 bits per heavy atom. The number of fused-ring (bicyclic) bond motifs is 1. The van der Waals surface area contributed by atoms with Gasteiger partial charge >= 0.3 is 0 Å². The van der Waals surface area contributed by atoms with E-state index in [0.717, 1.165) is 21.9 Å². The number of aromatic nitrogens is 2. The van der Waals surface area contributed by atoms with Crippen molar-refractivity contribution >= 4 is 40.1 Å². The molecule has 150 valence electrons. The molecule has 2 aromatic carbocycles. The molecule has 0 N–H and O–H groups in total. The van der Waals surface area contributed by atoms with E-state index in [2.05, 4.69) is 9.88 Å². The van der Waals surface area contributed by atoms with Gasteiger partial charge in [0.1, 0.15) is 0 Å². The highest BCUT2D eigenvalue weighted by Crippen LogP contribution is 2.24. The number of nitro benzene ring substituents is 1. The molecule has 0 bridgehead atoms. The highest BCUT2D eigenvalue weighted by molar-refractivity contribution is 7.99. The van der Waals surface area contributed by atoms with E-state index < -0.39 is 4.92 Å². The van der Waals surface area contributed by atoms with E-state index in [1.807, 2.05) is 40.8 Å². The summed E-state index contributed by atoms with van der Waals surface area (Å²) < 4.78 is 2.01. The van der Waals surface area contributed by atoms with Crippen LogP contribution in [-0.4, -0.2) is 57.2 Å². The highest BCUT2D eigenvalue weighted by Gasteiger charge is 2.22. The summed E-state index contributed by atoms with van der Waals surface area (Å²) in [5.41, 5.74) is 3.01. The van der Waals surface area contributed by atoms with Crippen LogP contribution in [0.1, 0.15) is 0 Å². The van der Waals surface area contributed by atoms with Crippen LogP contribution in [0, 0.1) is 10.1 Å². The summed E-state index contributed by atoms with van der Waals surface area (Å²) >= 11 is 1.46. The molecule has 1 aliphatic rings. The number of non-ortho nitro benzene ring substituents is 1. The van der Waals surface area contributed by atoms with Crippen LogP contribution in [0.2, 0.25) is 0 Å². The Bertz CT molecular complexity index is 1040. The fourth-order valence-electron chi connectivity index (χ4n) is 3.47. The van der Waals surface area contributed by atoms with Gasteiger partial charge < -0.3 is 14.4 Å². The van der Waals surface area contributed by atoms with Crippen molar-refractivity contribution in [3.8, 4) is 0 Å². The van der Waals surface area contributed by atoms with Crippen molar-refractivity contribution in [2.75, 3.05) is 36.8 Å². The molecule has 3 aromatic rings. The van der Waals surface area contributed by atoms with E-state index in [0.29, 0.717) is 31.9 Å². The lowest BCUT2D eigenvalue weighted by Gasteiger charge is -2.36. The van der Waals surface area contributed by atoms with Gasteiger partial charge in [-0.25, -0.2) is 4.98 Å². The largest absolute Gasteiger partial charge is 0.368 e. The molecule has 1 saturated heterocycles. The molecule has 0 atom stereocenters. The maximum Gasteiger partial charge on any atom is 0.269 e. The summed E-state index contributed by atoms with van der Waals surface area (Å²) in [6.07, 6.45) is 0. The van der Waals surface area contributed by atoms with E-state index in [9.17, 15) is 14.9 Å². The molecule has 0 radical (unpaired) electrons. The molecule has 2 heterocycles. The number of thioether (sulfide) groups is 1. The molecule has 9 heteroatoms. The summed E-state index contributed by atoms with van der Waals surface area (Å²) in [7, 11) is 1.96. The number of amides is 1. The number of carbonyl (C=O) groups excluding carboxylic acids is 1. The zero-order valence-corrected chi connectivity index (χ0v) is 16.8. The van der Waals surface area contributed by atoms with Crippen LogP contribution in [0.4, 0.5) is 11.4 Å². The van der Waals surface area contributed by atoms with Crippen molar-refractivity contribution in [1.82, 2.24) is 14.5 Å². The molecule has 29 heavy (non-hydrogen) atoms. The fourth-order valence-corrected chi connectivity index (χ4v) is 4.36. The van der Waals surface area contributed by atoms with Gasteiger partial charge in [-0.15, -0.1) is 0 Å². The number of aryl methyl sites for hydroxylation is 1. The second-order valence-corrected chi connectivity index (χ2v) is 7.81. The maximum absolute atomic E-state index is 12.6. The molecule has 0 unspecified atom stereocenters. The number of piperazine rings is 1. The SMILES string of the molecule is Cn1c(SCC(=O)N2CCN(c3ccc([N+](=O)[O-])cc3)CC2)nc2ccccc21. The van der Waals surface area contributed by atoms with Gasteiger partial charge in [-0.1, -0.05) is 23.9 Å². The lowest BCUT2D eigenvalue weighted by molar-refractivity contribution is -0.384. The van der Waals surface area contributed by atoms with Crippen molar-refractivity contribution in [3.63, 3.8) is 0 Å². The fraction of sp³-hybridized carbons (Fsp3) is 0.300. The molecular formula is C20H21N5O3S. The van der Waals surface area contributed by atoms with Crippen molar-refractivity contribution in [3.05, 3.63) is 58.6 Å². The van der Waals surface area contributed by atoms with Crippen LogP contribution in [0.5, 0.6) is 0 Å². The zero-order valence-electron chi connectivity index (χ0n) is 16.0. The van der Waals surface area contributed by atoms with Crippen LogP contribution in [0.15, 0.2) is 53.7 Å². The van der Waals surface area contributed by atoms with Gasteiger partial charge in [-0.3, -0.25) is 14.9 Å². The number of nitrogens with zero attached hydrogens (tertiary/aromatic N) is 5. The normalized spacial score (nSPS) is 14.4. The van der Waals surface area contributed by atoms with E-state index in [1.54, 1.807) is 12.1 Å². The third-order valence-corrected chi connectivity index (χ3v) is 6.14. The van der Waals surface area contributed by atoms with Gasteiger partial charge in [0, 0.05) is 51.0 Å². The minimum atomic E-state index is -0.400. The molecule has 0 spiro atoms. The number of anilines is 1. The van der Waals surface area contributed by atoms with Gasteiger partial charge in [0.2, 0.25) is 5.91 Å². The minimum absolute atomic E-state index is 0.0848. The van der Waals surface area contributed by atoms with Crippen LogP contribution >= 0.6 is 11.8 Å². The smallest absolute Gasteiger partial charge is 0.269 e. The first-order chi connectivity index (χ1) is 14.0. The third-order valence-electron chi connectivity index (χ3n) is 5.13. The monoisotopic (exact) mass is 411 g/mol. The molecular weight excluding hydrogens is 390 g/mol. The Balaban J connectivity index is 1.31. The topological polar surface area (TPSA) is 84.5 Å². The Morgan fingerprint density at radius 3 is 2.45 bits per heavy atom. The average Bonchev–Trinajstić information content (AvgIpc) is 3.08. The Morgan fingerprint density at radius 1 is 1.10 bits per heavy atom. The Hall–Kier alpha value is -3.07. The molecule has 4 rings (SSSR count). The Labute approximate surface area is 172 Å². The summed E-state index contributed by atoms with van der Waals surface area (Å²) in [6.45, 7) is 2.69. The first-order valence-corrected chi connectivity index (χ1v) is 10.3. The van der Waals surface area contributed by atoms with Gasteiger partial charge in [-0.2, -0.15) is 0 Å². The van der Waals surface area contributed by atoms with Gasteiger partial charge in [0.15, 0.2) is 5.16 Å². The summed E-state index contributed by atoms with van der Waals surface area (Å²) in [5, 5.41) is 11.6. The molecule has 0 aliphatic carbocycles. The third kappa shape index (κ3) is 4.04. The second-order valence-electron chi connectivity index (χ2n) is 6.87. The molecule has 1 aromatic heterocycles. The number of rotatable bonds is 5. The van der Waals surface area contributed by atoms with Crippen LogP contribution < -0.4 is 4.90 Å². The Kier molecular flexibility index (Phi) is 5.39. The molecule has 0 saturated carbocycles. The lowest BCUT2D eigenvalue weighted by atomic mass is 10.2. The van der Waals surface area contributed by atoms with Crippen LogP contribution in [-0.2, 0) is 11.8 Å². The van der Waals surface area contributed by atoms with E-state index in [-0.39, 0.29) is 11.6 Å². The van der Waals surface area contributed by atoms with Crippen molar-refractivity contribution in [1.29, 1.82) is 0 Å². The van der Waals surface area contributed by atoms with E-state index >= 15 is 0 Å². The number of carbonyl (C=O) groups is 1. The minimum Gasteiger partial charge on any atom is -0.368 e. The van der Waals surface area contributed by atoms with Gasteiger partial charge in [-0.05, 0) is 24.3 Å². The van der Waals surface area contributed by atoms with Crippen molar-refractivity contribution in [2.24, 2.45) is 7.05 Å². The average molecular weight is 411 g/mol. The number of imidazole rings is 1.